The van der Waals surface area contributed by atoms with E-state index in [-0.39, 0.29) is 18.2 Å². The predicted octanol–water partition coefficient (Wildman–Crippen LogP) is 6.41. The number of carboxylic acid groups (broad SMARTS) is 1. The van der Waals surface area contributed by atoms with Crippen LogP contribution in [0.2, 0.25) is 5.02 Å². The van der Waals surface area contributed by atoms with Gasteiger partial charge in [-0.15, -0.1) is 0 Å². The lowest BCUT2D eigenvalue weighted by molar-refractivity contribution is -0.137. The smallest absolute Gasteiger partial charge is 0.303 e. The number of amides is 2. The van der Waals surface area contributed by atoms with E-state index in [1.165, 1.54) is 0 Å². The number of fused-ring (bicyclic) bond motifs is 1. The summed E-state index contributed by atoms with van der Waals surface area (Å²) < 4.78 is 0. The lowest BCUT2D eigenvalue weighted by atomic mass is 9.77. The molecular weight excluding hydrogens is 564 g/mol. The summed E-state index contributed by atoms with van der Waals surface area (Å²) in [6, 6.07) is 22.6. The average Bonchev–Trinajstić information content (AvgIpc) is 3.34. The molecule has 0 atom stereocenters. The number of unbranched alkanes of at least 4 members (excludes halogenated alkanes) is 1. The summed E-state index contributed by atoms with van der Waals surface area (Å²) in [6.45, 7) is 1.76. The highest BCUT2D eigenvalue weighted by Crippen LogP contribution is 2.43. The van der Waals surface area contributed by atoms with Crippen molar-refractivity contribution in [1.29, 1.82) is 0 Å². The van der Waals surface area contributed by atoms with Crippen molar-refractivity contribution < 1.29 is 19.5 Å². The topological polar surface area (TPSA) is 104 Å². The van der Waals surface area contributed by atoms with Crippen molar-refractivity contribution in [3.8, 4) is 11.3 Å². The summed E-state index contributed by atoms with van der Waals surface area (Å²) in [6.07, 6.45) is 3.97. The number of likely N-dealkylation sites (tertiary alicyclic amines) is 1. The first-order chi connectivity index (χ1) is 20.8. The molecule has 2 saturated heterocycles. The molecule has 3 heterocycles. The van der Waals surface area contributed by atoms with E-state index in [0.717, 1.165) is 29.1 Å². The normalized spacial score (nSPS) is 16.3. The Labute approximate surface area is 255 Å². The zero-order valence-corrected chi connectivity index (χ0v) is 24.6. The Hall–Kier alpha value is -4.30. The Morgan fingerprint density at radius 1 is 0.860 bits per heavy atom. The van der Waals surface area contributed by atoms with Crippen molar-refractivity contribution in [2.24, 2.45) is 5.41 Å². The number of aryl methyl sites for hydroxylation is 1. The number of hydrogen-bond acceptors (Lipinski definition) is 5. The molecule has 43 heavy (non-hydrogen) atoms. The third-order valence-corrected chi connectivity index (χ3v) is 9.00. The van der Waals surface area contributed by atoms with Gasteiger partial charge in [0.15, 0.2) is 0 Å². The summed E-state index contributed by atoms with van der Waals surface area (Å²) in [7, 11) is 0. The van der Waals surface area contributed by atoms with Gasteiger partial charge < -0.3 is 14.9 Å². The number of halogens is 1. The van der Waals surface area contributed by atoms with Crippen molar-refractivity contribution in [3.05, 3.63) is 89.1 Å². The van der Waals surface area contributed by atoms with Gasteiger partial charge in [-0.3, -0.25) is 14.4 Å². The van der Waals surface area contributed by atoms with Crippen molar-refractivity contribution in [3.63, 3.8) is 0 Å². The first-order valence-electron chi connectivity index (χ1n) is 14.8. The number of carboxylic acids is 1. The number of hydrogen-bond donors (Lipinski definition) is 1. The highest BCUT2D eigenvalue weighted by atomic mass is 35.5. The second kappa shape index (κ2) is 12.1. The summed E-state index contributed by atoms with van der Waals surface area (Å²) >= 11 is 6.10. The second-order valence-electron chi connectivity index (χ2n) is 11.4. The summed E-state index contributed by atoms with van der Waals surface area (Å²) in [5.74, 6) is -0.729. The third-order valence-electron chi connectivity index (χ3n) is 8.74. The van der Waals surface area contributed by atoms with Crippen LogP contribution in [0.1, 0.15) is 54.6 Å². The van der Waals surface area contributed by atoms with Crippen molar-refractivity contribution in [2.75, 3.05) is 24.5 Å². The Bertz CT molecular complexity index is 1670. The molecule has 0 unspecified atom stereocenters. The molecular formula is C34H33ClN4O4. The Kier molecular flexibility index (Phi) is 8.13. The number of nitrogens with zero attached hydrogens (tertiary/aromatic N) is 4. The number of para-hydroxylation sites is 1. The molecule has 8 nitrogen and oxygen atoms in total. The van der Waals surface area contributed by atoms with Crippen LogP contribution in [-0.4, -0.2) is 57.4 Å². The molecule has 2 aliphatic rings. The highest BCUT2D eigenvalue weighted by molar-refractivity contribution is 6.30. The van der Waals surface area contributed by atoms with E-state index < -0.39 is 11.4 Å². The minimum Gasteiger partial charge on any atom is -0.481 e. The molecule has 1 spiro atoms. The largest absolute Gasteiger partial charge is 0.481 e. The maximum absolute atomic E-state index is 13.6. The number of aliphatic carboxylic acids is 1. The minimum absolute atomic E-state index is 0.0753. The molecule has 2 amide bonds. The van der Waals surface area contributed by atoms with Crippen LogP contribution in [0.4, 0.5) is 5.69 Å². The number of anilines is 1. The van der Waals surface area contributed by atoms with Crippen LogP contribution < -0.4 is 4.90 Å². The van der Waals surface area contributed by atoms with E-state index in [9.17, 15) is 14.4 Å². The van der Waals surface area contributed by atoms with Gasteiger partial charge in [0.1, 0.15) is 0 Å². The monoisotopic (exact) mass is 596 g/mol. The lowest BCUT2D eigenvalue weighted by Crippen LogP contribution is -2.46. The molecule has 9 heteroatoms. The zero-order chi connectivity index (χ0) is 30.0. The number of rotatable bonds is 8. The van der Waals surface area contributed by atoms with E-state index in [0.29, 0.717) is 73.4 Å². The fourth-order valence-electron chi connectivity index (χ4n) is 6.26. The zero-order valence-electron chi connectivity index (χ0n) is 23.8. The second-order valence-corrected chi connectivity index (χ2v) is 11.9. The minimum atomic E-state index is -0.819. The molecule has 3 aromatic carbocycles. The highest BCUT2D eigenvalue weighted by Gasteiger charge is 2.49. The quantitative estimate of drug-likeness (QED) is 0.236. The molecule has 0 saturated carbocycles. The van der Waals surface area contributed by atoms with Gasteiger partial charge in [0.25, 0.3) is 5.91 Å². The van der Waals surface area contributed by atoms with E-state index in [1.54, 1.807) is 24.3 Å². The molecule has 1 N–H and O–H groups in total. The van der Waals surface area contributed by atoms with Crippen LogP contribution in [0.3, 0.4) is 0 Å². The van der Waals surface area contributed by atoms with Crippen LogP contribution in [0.5, 0.6) is 0 Å². The van der Waals surface area contributed by atoms with Crippen LogP contribution in [0, 0.1) is 5.41 Å². The third kappa shape index (κ3) is 5.97. The van der Waals surface area contributed by atoms with E-state index in [4.69, 9.17) is 26.7 Å². The van der Waals surface area contributed by atoms with Gasteiger partial charge in [-0.1, -0.05) is 41.9 Å². The molecule has 4 aromatic rings. The number of benzene rings is 3. The van der Waals surface area contributed by atoms with E-state index in [1.807, 2.05) is 58.3 Å². The fraction of sp³-hybridized carbons (Fsp3) is 0.324. The number of carbonyl (C=O) groups excluding carboxylic acids is 2. The molecule has 220 valence electrons. The van der Waals surface area contributed by atoms with Crippen LogP contribution in [0.15, 0.2) is 72.8 Å². The number of piperidine rings is 1. The van der Waals surface area contributed by atoms with Gasteiger partial charge in [-0.05, 0) is 81.0 Å². The molecule has 1 aromatic heterocycles. The van der Waals surface area contributed by atoms with Gasteiger partial charge in [0, 0.05) is 47.9 Å². The van der Waals surface area contributed by atoms with E-state index >= 15 is 0 Å². The number of aromatic nitrogens is 2. The average molecular weight is 597 g/mol. The molecule has 0 radical (unpaired) electrons. The van der Waals surface area contributed by atoms with Gasteiger partial charge >= 0.3 is 5.97 Å². The predicted molar refractivity (Wildman–Crippen MR) is 166 cm³/mol. The molecule has 6 rings (SSSR count). The van der Waals surface area contributed by atoms with E-state index in [2.05, 4.69) is 0 Å². The van der Waals surface area contributed by atoms with Gasteiger partial charge in [0.05, 0.1) is 27.8 Å². The lowest BCUT2D eigenvalue weighted by Gasteiger charge is -2.38. The summed E-state index contributed by atoms with van der Waals surface area (Å²) in [5.41, 5.74) is 4.72. The first-order valence-corrected chi connectivity index (χ1v) is 15.2. The van der Waals surface area contributed by atoms with Gasteiger partial charge in [-0.25, -0.2) is 9.97 Å². The van der Waals surface area contributed by atoms with Crippen LogP contribution in [-0.2, 0) is 16.0 Å². The van der Waals surface area contributed by atoms with Crippen molar-refractivity contribution >= 4 is 46.1 Å². The molecule has 2 aliphatic heterocycles. The van der Waals surface area contributed by atoms with Gasteiger partial charge in [0.2, 0.25) is 5.91 Å². The first kappa shape index (κ1) is 28.8. The Balaban J connectivity index is 1.20. The molecule has 0 bridgehead atoms. The SMILES string of the molecule is O=C(O)CCCCc1nc2cc(C(=O)N3CCC4(CC3)CCN(c3ccccc3)C4=O)ccc2nc1-c1ccc(Cl)cc1. The van der Waals surface area contributed by atoms with Gasteiger partial charge in [-0.2, -0.15) is 0 Å². The standard InChI is InChI=1S/C34H33ClN4O4/c35-25-13-10-23(11-14-25)31-28(8-4-5-9-30(40)41)36-29-22-24(12-15-27(29)37-31)32(42)38-19-16-34(17-20-38)18-21-39(33(34)43)26-6-2-1-3-7-26/h1-3,6-7,10-15,22H,4-5,8-9,16-21H2,(H,40,41). The fourth-order valence-corrected chi connectivity index (χ4v) is 6.39. The maximum Gasteiger partial charge on any atom is 0.303 e. The maximum atomic E-state index is 13.6. The van der Waals surface area contributed by atoms with Crippen molar-refractivity contribution in [1.82, 2.24) is 14.9 Å². The van der Waals surface area contributed by atoms with Crippen molar-refractivity contribution in [2.45, 2.75) is 44.9 Å². The Morgan fingerprint density at radius 2 is 1.58 bits per heavy atom. The van der Waals surface area contributed by atoms with Crippen LogP contribution in [0.25, 0.3) is 22.3 Å². The summed E-state index contributed by atoms with van der Waals surface area (Å²) in [5, 5.41) is 9.66. The number of carbonyl (C=O) groups is 3. The molecule has 2 fully saturated rings. The summed E-state index contributed by atoms with van der Waals surface area (Å²) in [4.78, 5) is 51.6. The molecule has 0 aliphatic carbocycles. The van der Waals surface area contributed by atoms with Crippen LogP contribution >= 0.6 is 11.6 Å². The Morgan fingerprint density at radius 3 is 2.30 bits per heavy atom.